The van der Waals surface area contributed by atoms with E-state index in [0.29, 0.717) is 28.5 Å². The van der Waals surface area contributed by atoms with Crippen LogP contribution in [-0.4, -0.2) is 59.5 Å². The van der Waals surface area contributed by atoms with Gasteiger partial charge < -0.3 is 25.5 Å². The third kappa shape index (κ3) is 3.68. The lowest BCUT2D eigenvalue weighted by Crippen LogP contribution is -2.33. The van der Waals surface area contributed by atoms with Crippen LogP contribution in [0, 0.1) is 0 Å². The van der Waals surface area contributed by atoms with Crippen LogP contribution in [0.1, 0.15) is 38.3 Å². The van der Waals surface area contributed by atoms with E-state index >= 15 is 0 Å². The number of fused-ring (bicyclic) bond motifs is 1. The van der Waals surface area contributed by atoms with Crippen molar-refractivity contribution in [3.05, 3.63) is 22.7 Å². The fraction of sp³-hybridized carbons (Fsp3) is 0.474. The molecule has 11 heteroatoms. The van der Waals surface area contributed by atoms with Crippen molar-refractivity contribution in [3.8, 4) is 11.5 Å². The maximum atomic E-state index is 10.1. The van der Waals surface area contributed by atoms with E-state index in [1.54, 1.807) is 4.68 Å². The zero-order valence-electron chi connectivity index (χ0n) is 16.7. The molecule has 3 heterocycles. The van der Waals surface area contributed by atoms with E-state index in [9.17, 15) is 15.3 Å². The number of aliphatic hydroxyl groups excluding tert-OH is 1. The molecule has 10 nitrogen and oxygen atoms in total. The van der Waals surface area contributed by atoms with E-state index in [0.717, 1.165) is 19.4 Å². The van der Waals surface area contributed by atoms with Gasteiger partial charge >= 0.3 is 0 Å². The van der Waals surface area contributed by atoms with Crippen LogP contribution in [0.2, 0.25) is 5.02 Å². The number of phenolic OH excluding ortho intramolecular Hbond substituents is 2. The van der Waals surface area contributed by atoms with Crippen molar-refractivity contribution in [1.82, 2.24) is 25.0 Å². The zero-order chi connectivity index (χ0) is 21.4. The Morgan fingerprint density at radius 1 is 1.23 bits per heavy atom. The number of anilines is 2. The number of aromatic hydroxyl groups is 2. The molecule has 0 amide bonds. The second-order valence-electron chi connectivity index (χ2n) is 7.62. The normalized spacial score (nSPS) is 16.7. The number of halogens is 1. The second-order valence-corrected chi connectivity index (χ2v) is 8.06. The van der Waals surface area contributed by atoms with E-state index in [1.165, 1.54) is 12.1 Å². The number of rotatable bonds is 6. The van der Waals surface area contributed by atoms with Crippen molar-refractivity contribution in [2.45, 2.75) is 45.3 Å². The standard InChI is InChI=1S/C19H24ClN7O3/c1-10(2)27-18-16(24-25-27)17(21-8-13-14(29)6-11(20)7-15(13)30)22-19(23-18)26-5-3-4-12(26)9-28/h6-7,10,12,28-30H,3-5,8-9H2,1-2H3,(H,21,22,23)/t12-/m1/s1. The Balaban J connectivity index is 1.75. The largest absolute Gasteiger partial charge is 0.507 e. The third-order valence-electron chi connectivity index (χ3n) is 5.25. The number of aliphatic hydroxyl groups is 1. The Bertz CT molecular complexity index is 1050. The SMILES string of the molecule is CC(C)n1nnc2c(NCc3c(O)cc(Cl)cc3O)nc(N3CCC[C@@H]3CO)nc21. The topological polar surface area (TPSA) is 132 Å². The molecule has 3 aromatic rings. The van der Waals surface area contributed by atoms with Gasteiger partial charge in [-0.25, -0.2) is 4.68 Å². The third-order valence-corrected chi connectivity index (χ3v) is 5.46. The molecule has 2 aromatic heterocycles. The molecule has 0 spiro atoms. The fourth-order valence-electron chi connectivity index (χ4n) is 3.67. The number of phenols is 2. The van der Waals surface area contributed by atoms with Gasteiger partial charge in [0.2, 0.25) is 5.95 Å². The maximum Gasteiger partial charge on any atom is 0.229 e. The lowest BCUT2D eigenvalue weighted by Gasteiger charge is -2.23. The minimum Gasteiger partial charge on any atom is -0.507 e. The Kier molecular flexibility index (Phi) is 5.52. The molecule has 30 heavy (non-hydrogen) atoms. The molecule has 1 aliphatic heterocycles. The molecular weight excluding hydrogens is 410 g/mol. The fourth-order valence-corrected chi connectivity index (χ4v) is 3.88. The van der Waals surface area contributed by atoms with Gasteiger partial charge in [-0.15, -0.1) is 5.10 Å². The minimum absolute atomic E-state index is 0.0262. The molecule has 4 rings (SSSR count). The van der Waals surface area contributed by atoms with Gasteiger partial charge in [0, 0.05) is 18.1 Å². The number of nitrogens with one attached hydrogen (secondary N) is 1. The first kappa shape index (κ1) is 20.4. The molecule has 0 radical (unpaired) electrons. The molecule has 160 valence electrons. The van der Waals surface area contributed by atoms with Crippen molar-refractivity contribution >= 4 is 34.5 Å². The maximum absolute atomic E-state index is 10.1. The summed E-state index contributed by atoms with van der Waals surface area (Å²) in [6.45, 7) is 4.84. The first-order valence-electron chi connectivity index (χ1n) is 9.83. The van der Waals surface area contributed by atoms with Gasteiger partial charge in [-0.2, -0.15) is 9.97 Å². The van der Waals surface area contributed by atoms with E-state index in [-0.39, 0.29) is 41.8 Å². The van der Waals surface area contributed by atoms with Gasteiger partial charge in [0.25, 0.3) is 0 Å². The Morgan fingerprint density at radius 3 is 2.63 bits per heavy atom. The Morgan fingerprint density at radius 2 is 1.97 bits per heavy atom. The lowest BCUT2D eigenvalue weighted by molar-refractivity contribution is 0.265. The van der Waals surface area contributed by atoms with Crippen molar-refractivity contribution in [2.75, 3.05) is 23.4 Å². The molecular formula is C19H24ClN7O3. The van der Waals surface area contributed by atoms with Crippen LogP contribution in [0.4, 0.5) is 11.8 Å². The number of nitrogens with zero attached hydrogens (tertiary/aromatic N) is 6. The van der Waals surface area contributed by atoms with E-state index in [2.05, 4.69) is 25.6 Å². The second kappa shape index (κ2) is 8.11. The molecule has 1 atom stereocenters. The first-order valence-corrected chi connectivity index (χ1v) is 10.2. The quantitative estimate of drug-likeness (QED) is 0.462. The summed E-state index contributed by atoms with van der Waals surface area (Å²) in [5.41, 5.74) is 1.35. The molecule has 0 unspecified atom stereocenters. The highest BCUT2D eigenvalue weighted by Crippen LogP contribution is 2.33. The van der Waals surface area contributed by atoms with E-state index < -0.39 is 0 Å². The molecule has 0 aliphatic carbocycles. The molecule has 1 aromatic carbocycles. The van der Waals surface area contributed by atoms with E-state index in [4.69, 9.17) is 11.6 Å². The van der Waals surface area contributed by atoms with Gasteiger partial charge in [-0.1, -0.05) is 16.8 Å². The summed E-state index contributed by atoms with van der Waals surface area (Å²) in [6, 6.07) is 2.74. The summed E-state index contributed by atoms with van der Waals surface area (Å²) in [5, 5.41) is 41.8. The van der Waals surface area contributed by atoms with Crippen molar-refractivity contribution in [2.24, 2.45) is 0 Å². The number of hydrogen-bond acceptors (Lipinski definition) is 9. The highest BCUT2D eigenvalue weighted by molar-refractivity contribution is 6.30. The van der Waals surface area contributed by atoms with Crippen LogP contribution in [0.5, 0.6) is 11.5 Å². The summed E-state index contributed by atoms with van der Waals surface area (Å²) in [6.07, 6.45) is 1.82. The molecule has 1 saturated heterocycles. The Labute approximate surface area is 178 Å². The number of benzene rings is 1. The molecule has 1 aliphatic rings. The molecule has 1 fully saturated rings. The van der Waals surface area contributed by atoms with Crippen LogP contribution < -0.4 is 10.2 Å². The lowest BCUT2D eigenvalue weighted by atomic mass is 10.1. The monoisotopic (exact) mass is 433 g/mol. The van der Waals surface area contributed by atoms with E-state index in [1.807, 2.05) is 18.7 Å². The summed E-state index contributed by atoms with van der Waals surface area (Å²) in [5.74, 6) is 0.669. The van der Waals surface area contributed by atoms with Gasteiger partial charge in [0.1, 0.15) is 11.5 Å². The number of aromatic nitrogens is 5. The molecule has 0 bridgehead atoms. The highest BCUT2D eigenvalue weighted by Gasteiger charge is 2.28. The Hall–Kier alpha value is -2.85. The van der Waals surface area contributed by atoms with Crippen LogP contribution >= 0.6 is 11.6 Å². The average Bonchev–Trinajstić information content (AvgIpc) is 3.33. The van der Waals surface area contributed by atoms with Crippen molar-refractivity contribution in [3.63, 3.8) is 0 Å². The molecule has 4 N–H and O–H groups in total. The van der Waals surface area contributed by atoms with Crippen LogP contribution in [0.15, 0.2) is 12.1 Å². The molecule has 0 saturated carbocycles. The predicted molar refractivity (Wildman–Crippen MR) is 113 cm³/mol. The summed E-state index contributed by atoms with van der Waals surface area (Å²) in [7, 11) is 0. The number of hydrogen-bond donors (Lipinski definition) is 4. The van der Waals surface area contributed by atoms with Crippen molar-refractivity contribution in [1.29, 1.82) is 0 Å². The zero-order valence-corrected chi connectivity index (χ0v) is 17.5. The van der Waals surface area contributed by atoms with Crippen molar-refractivity contribution < 1.29 is 15.3 Å². The highest BCUT2D eigenvalue weighted by atomic mass is 35.5. The summed E-state index contributed by atoms with van der Waals surface area (Å²) in [4.78, 5) is 11.3. The van der Waals surface area contributed by atoms with Gasteiger partial charge in [0.15, 0.2) is 17.0 Å². The minimum atomic E-state index is -0.122. The van der Waals surface area contributed by atoms with Crippen LogP contribution in [-0.2, 0) is 6.54 Å². The predicted octanol–water partition coefficient (Wildman–Crippen LogP) is 2.44. The average molecular weight is 434 g/mol. The van der Waals surface area contributed by atoms with Gasteiger partial charge in [-0.3, -0.25) is 0 Å². The smallest absolute Gasteiger partial charge is 0.229 e. The van der Waals surface area contributed by atoms with Crippen LogP contribution in [0.25, 0.3) is 11.2 Å². The van der Waals surface area contributed by atoms with Gasteiger partial charge in [-0.05, 0) is 38.8 Å². The van der Waals surface area contributed by atoms with Crippen LogP contribution in [0.3, 0.4) is 0 Å². The summed E-state index contributed by atoms with van der Waals surface area (Å²) < 4.78 is 1.72. The first-order chi connectivity index (χ1) is 14.4. The summed E-state index contributed by atoms with van der Waals surface area (Å²) >= 11 is 5.86. The van der Waals surface area contributed by atoms with Gasteiger partial charge in [0.05, 0.1) is 24.3 Å².